The summed E-state index contributed by atoms with van der Waals surface area (Å²) in [7, 11) is 0. The van der Waals surface area contributed by atoms with E-state index in [0.29, 0.717) is 36.9 Å². The first-order valence-electron chi connectivity index (χ1n) is 7.40. The highest BCUT2D eigenvalue weighted by Gasteiger charge is 2.22. The van der Waals surface area contributed by atoms with E-state index in [1.165, 1.54) is 0 Å². The summed E-state index contributed by atoms with van der Waals surface area (Å²) in [6.45, 7) is 6.83. The maximum atomic E-state index is 11.1. The predicted octanol–water partition coefficient (Wildman–Crippen LogP) is 3.50. The number of Topliss-reactive ketones (excluding diaryl/α,β-unsaturated/α-hetero) is 1. The van der Waals surface area contributed by atoms with Crippen LogP contribution in [0.1, 0.15) is 65.7 Å². The van der Waals surface area contributed by atoms with Crippen molar-refractivity contribution in [2.24, 2.45) is 0 Å². The fourth-order valence-electron chi connectivity index (χ4n) is 2.42. The third-order valence-electron chi connectivity index (χ3n) is 3.43. The molecule has 0 saturated heterocycles. The van der Waals surface area contributed by atoms with Crippen LogP contribution in [0.3, 0.4) is 0 Å². The fraction of sp³-hybridized carbons (Fsp3) is 0.933. The van der Waals surface area contributed by atoms with Crippen molar-refractivity contribution in [2.45, 2.75) is 84.0 Å². The molecular weight excluding hydrogens is 228 g/mol. The zero-order chi connectivity index (χ0) is 13.4. The quantitative estimate of drug-likeness (QED) is 0.624. The van der Waals surface area contributed by atoms with Crippen LogP contribution < -0.4 is 0 Å². The van der Waals surface area contributed by atoms with Crippen LogP contribution in [-0.2, 0) is 14.3 Å². The van der Waals surface area contributed by atoms with Gasteiger partial charge in [-0.3, -0.25) is 4.79 Å². The van der Waals surface area contributed by atoms with Gasteiger partial charge in [0.15, 0.2) is 0 Å². The van der Waals surface area contributed by atoms with Crippen molar-refractivity contribution in [1.82, 2.24) is 0 Å². The Balaban J connectivity index is 2.03. The van der Waals surface area contributed by atoms with Crippen molar-refractivity contribution in [3.05, 3.63) is 0 Å². The summed E-state index contributed by atoms with van der Waals surface area (Å²) in [5.74, 6) is 0.340. The summed E-state index contributed by atoms with van der Waals surface area (Å²) < 4.78 is 11.6. The van der Waals surface area contributed by atoms with Gasteiger partial charge in [-0.15, -0.1) is 0 Å². The molecule has 1 rings (SSSR count). The summed E-state index contributed by atoms with van der Waals surface area (Å²) in [6.07, 6.45) is 7.73. The molecule has 0 radical (unpaired) electrons. The minimum Gasteiger partial charge on any atom is -0.378 e. The third kappa shape index (κ3) is 6.50. The monoisotopic (exact) mass is 256 g/mol. The molecule has 0 aliphatic heterocycles. The predicted molar refractivity (Wildman–Crippen MR) is 72.7 cm³/mol. The Morgan fingerprint density at radius 3 is 2.33 bits per heavy atom. The molecule has 3 heteroatoms. The van der Waals surface area contributed by atoms with Gasteiger partial charge < -0.3 is 9.47 Å². The van der Waals surface area contributed by atoms with Crippen molar-refractivity contribution < 1.29 is 14.3 Å². The van der Waals surface area contributed by atoms with Gasteiger partial charge in [0.25, 0.3) is 0 Å². The Hall–Kier alpha value is -0.410. The standard InChI is InChI=1S/C15H28O3/c1-4-13(16)6-5-11-17-14-7-9-15(10-8-14)18-12(2)3/h12,14-15H,4-11H2,1-3H3. The molecule has 18 heavy (non-hydrogen) atoms. The van der Waals surface area contributed by atoms with Crippen molar-refractivity contribution in [2.75, 3.05) is 6.61 Å². The van der Waals surface area contributed by atoms with Crippen LogP contribution in [0, 0.1) is 0 Å². The topological polar surface area (TPSA) is 35.5 Å². The lowest BCUT2D eigenvalue weighted by molar-refractivity contribution is -0.119. The van der Waals surface area contributed by atoms with Gasteiger partial charge in [-0.1, -0.05) is 6.92 Å². The van der Waals surface area contributed by atoms with Gasteiger partial charge in [-0.2, -0.15) is 0 Å². The number of rotatable bonds is 8. The molecule has 3 nitrogen and oxygen atoms in total. The summed E-state index contributed by atoms with van der Waals surface area (Å²) in [5.41, 5.74) is 0. The fourth-order valence-corrected chi connectivity index (χ4v) is 2.42. The average Bonchev–Trinajstić information content (AvgIpc) is 2.35. The van der Waals surface area contributed by atoms with Gasteiger partial charge in [0.05, 0.1) is 18.3 Å². The smallest absolute Gasteiger partial charge is 0.132 e. The molecule has 0 atom stereocenters. The molecule has 0 unspecified atom stereocenters. The second kappa shape index (κ2) is 8.65. The molecule has 0 bridgehead atoms. The molecule has 0 N–H and O–H groups in total. The summed E-state index contributed by atoms with van der Waals surface area (Å²) in [6, 6.07) is 0. The van der Waals surface area contributed by atoms with Gasteiger partial charge in [-0.25, -0.2) is 0 Å². The molecule has 0 spiro atoms. The maximum absolute atomic E-state index is 11.1. The van der Waals surface area contributed by atoms with E-state index in [1.54, 1.807) is 0 Å². The van der Waals surface area contributed by atoms with Crippen LogP contribution in [0.2, 0.25) is 0 Å². The molecule has 0 heterocycles. The van der Waals surface area contributed by atoms with Crippen molar-refractivity contribution in [3.8, 4) is 0 Å². The Bertz CT molecular complexity index is 230. The van der Waals surface area contributed by atoms with Crippen LogP contribution in [0.4, 0.5) is 0 Å². The van der Waals surface area contributed by atoms with Gasteiger partial charge in [0, 0.05) is 19.4 Å². The van der Waals surface area contributed by atoms with E-state index >= 15 is 0 Å². The lowest BCUT2D eigenvalue weighted by Crippen LogP contribution is -2.28. The first kappa shape index (κ1) is 15.6. The molecule has 1 saturated carbocycles. The lowest BCUT2D eigenvalue weighted by Gasteiger charge is -2.29. The van der Waals surface area contributed by atoms with Crippen LogP contribution in [0.15, 0.2) is 0 Å². The highest BCUT2D eigenvalue weighted by Crippen LogP contribution is 2.24. The molecule has 0 amide bonds. The summed E-state index contributed by atoms with van der Waals surface area (Å²) >= 11 is 0. The molecular formula is C15H28O3. The van der Waals surface area contributed by atoms with E-state index in [9.17, 15) is 4.79 Å². The van der Waals surface area contributed by atoms with Gasteiger partial charge in [0.2, 0.25) is 0 Å². The number of hydrogen-bond donors (Lipinski definition) is 0. The Labute approximate surface area is 111 Å². The first-order valence-corrected chi connectivity index (χ1v) is 7.40. The summed E-state index contributed by atoms with van der Waals surface area (Å²) in [5, 5.41) is 0. The molecule has 0 aromatic carbocycles. The highest BCUT2D eigenvalue weighted by atomic mass is 16.5. The van der Waals surface area contributed by atoms with Crippen molar-refractivity contribution >= 4 is 5.78 Å². The van der Waals surface area contributed by atoms with Crippen LogP contribution in [-0.4, -0.2) is 30.7 Å². The van der Waals surface area contributed by atoms with E-state index < -0.39 is 0 Å². The zero-order valence-electron chi connectivity index (χ0n) is 12.1. The van der Waals surface area contributed by atoms with Crippen LogP contribution in [0.25, 0.3) is 0 Å². The van der Waals surface area contributed by atoms with E-state index in [-0.39, 0.29) is 0 Å². The third-order valence-corrected chi connectivity index (χ3v) is 3.43. The normalized spacial score (nSPS) is 24.4. The van der Waals surface area contributed by atoms with Crippen molar-refractivity contribution in [3.63, 3.8) is 0 Å². The van der Waals surface area contributed by atoms with Gasteiger partial charge in [-0.05, 0) is 46.0 Å². The number of ketones is 1. The second-order valence-electron chi connectivity index (χ2n) is 5.45. The molecule has 1 aliphatic carbocycles. The second-order valence-corrected chi connectivity index (χ2v) is 5.45. The SMILES string of the molecule is CCC(=O)CCCOC1CCC(OC(C)C)CC1. The van der Waals surface area contributed by atoms with Gasteiger partial charge >= 0.3 is 0 Å². The number of carbonyl (C=O) groups excluding carboxylic acids is 1. The Morgan fingerprint density at radius 2 is 1.78 bits per heavy atom. The average molecular weight is 256 g/mol. The Morgan fingerprint density at radius 1 is 1.17 bits per heavy atom. The van der Waals surface area contributed by atoms with E-state index in [2.05, 4.69) is 13.8 Å². The van der Waals surface area contributed by atoms with Crippen LogP contribution in [0.5, 0.6) is 0 Å². The molecule has 106 valence electrons. The lowest BCUT2D eigenvalue weighted by atomic mass is 9.95. The number of hydrogen-bond acceptors (Lipinski definition) is 3. The maximum Gasteiger partial charge on any atom is 0.132 e. The van der Waals surface area contributed by atoms with Gasteiger partial charge in [0.1, 0.15) is 5.78 Å². The van der Waals surface area contributed by atoms with Crippen molar-refractivity contribution in [1.29, 1.82) is 0 Å². The first-order chi connectivity index (χ1) is 8.61. The number of ether oxygens (including phenoxy) is 2. The molecule has 0 aromatic rings. The minimum atomic E-state index is 0.326. The largest absolute Gasteiger partial charge is 0.378 e. The minimum absolute atomic E-state index is 0.326. The molecule has 0 aromatic heterocycles. The zero-order valence-corrected chi connectivity index (χ0v) is 12.1. The Kier molecular flexibility index (Phi) is 7.52. The van der Waals surface area contributed by atoms with E-state index in [4.69, 9.17) is 9.47 Å². The number of carbonyl (C=O) groups is 1. The molecule has 1 fully saturated rings. The summed E-state index contributed by atoms with van der Waals surface area (Å²) in [4.78, 5) is 11.1. The highest BCUT2D eigenvalue weighted by molar-refractivity contribution is 5.77. The van der Waals surface area contributed by atoms with E-state index in [1.807, 2.05) is 6.92 Å². The van der Waals surface area contributed by atoms with Crippen LogP contribution >= 0.6 is 0 Å². The van der Waals surface area contributed by atoms with E-state index in [0.717, 1.165) is 38.7 Å². The molecule has 1 aliphatic rings.